The highest BCUT2D eigenvalue weighted by molar-refractivity contribution is 5.89. The fraction of sp³-hybridized carbons (Fsp3) is 0.451. The van der Waals surface area contributed by atoms with Crippen LogP contribution >= 0.6 is 0 Å². The van der Waals surface area contributed by atoms with Crippen molar-refractivity contribution in [2.75, 3.05) is 11.9 Å². The molecule has 320 valence electrons. The van der Waals surface area contributed by atoms with E-state index in [2.05, 4.69) is 152 Å². The number of aromatic nitrogens is 2. The molecule has 59 heavy (non-hydrogen) atoms. The highest BCUT2D eigenvalue weighted by Gasteiger charge is 2.28. The molecular weight excluding hydrogens is 735 g/mol. The van der Waals surface area contributed by atoms with Gasteiger partial charge in [-0.2, -0.15) is 4.98 Å². The average Bonchev–Trinajstić information content (AvgIpc) is 3.71. The van der Waals surface area contributed by atoms with Crippen LogP contribution in [0.4, 0.5) is 5.82 Å². The van der Waals surface area contributed by atoms with Crippen molar-refractivity contribution in [3.05, 3.63) is 156 Å². The van der Waals surface area contributed by atoms with Crippen LogP contribution < -0.4 is 11.0 Å². The number of carbonyl (C=O) groups excluding carboxylic acids is 2. The molecule has 1 amide bonds. The normalized spacial score (nSPS) is 16.7. The van der Waals surface area contributed by atoms with Crippen molar-refractivity contribution < 1.29 is 19.1 Å². The summed E-state index contributed by atoms with van der Waals surface area (Å²) in [5, 5.41) is 2.72. The minimum Gasteiger partial charge on any atom is -0.463 e. The molecule has 8 heteroatoms. The Morgan fingerprint density at radius 1 is 0.644 bits per heavy atom. The molecule has 8 nitrogen and oxygen atoms in total. The predicted molar refractivity (Wildman–Crippen MR) is 247 cm³/mol. The predicted octanol–water partition coefficient (Wildman–Crippen LogP) is 12.8. The number of ether oxygens (including phenoxy) is 2. The summed E-state index contributed by atoms with van der Waals surface area (Å²) >= 11 is 0. The van der Waals surface area contributed by atoms with Gasteiger partial charge in [-0.1, -0.05) is 148 Å². The first-order valence-corrected chi connectivity index (χ1v) is 21.9. The Morgan fingerprint density at radius 2 is 1.08 bits per heavy atom. The van der Waals surface area contributed by atoms with E-state index in [1.165, 1.54) is 4.57 Å². The zero-order chi connectivity index (χ0) is 42.3. The lowest BCUT2D eigenvalue weighted by atomic mass is 10.2. The maximum absolute atomic E-state index is 12.7. The van der Waals surface area contributed by atoms with Gasteiger partial charge < -0.3 is 14.8 Å². The number of amides is 1. The number of hydrogen-bond donors (Lipinski definition) is 1. The van der Waals surface area contributed by atoms with Crippen LogP contribution in [0, 0.1) is 0 Å². The zero-order valence-electron chi connectivity index (χ0n) is 35.9. The highest BCUT2D eigenvalue weighted by Crippen LogP contribution is 2.27. The van der Waals surface area contributed by atoms with Gasteiger partial charge in [-0.3, -0.25) is 14.2 Å². The highest BCUT2D eigenvalue weighted by atomic mass is 16.6. The second-order valence-electron chi connectivity index (χ2n) is 14.1. The lowest BCUT2D eigenvalue weighted by Crippen LogP contribution is -2.28. The fourth-order valence-electron chi connectivity index (χ4n) is 5.77. The third-order valence-electron chi connectivity index (χ3n) is 8.97. The summed E-state index contributed by atoms with van der Waals surface area (Å²) in [5.41, 5.74) is -0.499. The maximum atomic E-state index is 12.7. The van der Waals surface area contributed by atoms with Crippen LogP contribution in [0.3, 0.4) is 0 Å². The molecule has 1 aromatic heterocycles. The topological polar surface area (TPSA) is 99.5 Å². The van der Waals surface area contributed by atoms with Crippen molar-refractivity contribution in [1.29, 1.82) is 0 Å². The Hall–Kier alpha value is -5.08. The SMILES string of the molecule is CCC=CCC=CCC=CCC=CCC=CCC=CCCC(=O)OC[C@@H]1CCC(n2ccc(NC(=O)CCCC=CCC=CCC=CCC=CCC=CCC)nc2=O)O1. The Bertz CT molecular complexity index is 1680. The molecule has 2 heterocycles. The Kier molecular flexibility index (Phi) is 30.6. The molecule has 1 aliphatic heterocycles. The molecule has 0 bridgehead atoms. The lowest BCUT2D eigenvalue weighted by molar-refractivity contribution is -0.148. The van der Waals surface area contributed by atoms with Crippen molar-refractivity contribution in [2.24, 2.45) is 0 Å². The van der Waals surface area contributed by atoms with Crippen molar-refractivity contribution in [2.45, 2.75) is 142 Å². The molecule has 0 aliphatic carbocycles. The molecule has 1 fully saturated rings. The maximum Gasteiger partial charge on any atom is 0.351 e. The zero-order valence-corrected chi connectivity index (χ0v) is 35.9. The summed E-state index contributed by atoms with van der Waals surface area (Å²) in [6, 6.07) is 1.61. The van der Waals surface area contributed by atoms with Gasteiger partial charge in [0.1, 0.15) is 18.7 Å². The Labute approximate surface area is 355 Å². The van der Waals surface area contributed by atoms with Crippen LogP contribution in [0.5, 0.6) is 0 Å². The number of allylic oxidation sites excluding steroid dienone is 22. The van der Waals surface area contributed by atoms with E-state index in [1.54, 1.807) is 12.3 Å². The van der Waals surface area contributed by atoms with Gasteiger partial charge in [0.25, 0.3) is 0 Å². The largest absolute Gasteiger partial charge is 0.463 e. The number of unbranched alkanes of at least 4 members (excludes halogenated alkanes) is 1. The first kappa shape index (κ1) is 50.1. The molecule has 0 radical (unpaired) electrons. The summed E-state index contributed by atoms with van der Waals surface area (Å²) in [4.78, 5) is 41.5. The van der Waals surface area contributed by atoms with Crippen molar-refractivity contribution in [3.63, 3.8) is 0 Å². The molecule has 2 atom stereocenters. The second kappa shape index (κ2) is 36.0. The van der Waals surface area contributed by atoms with E-state index in [0.717, 1.165) is 77.0 Å². The standard InChI is InChI=1S/C51H71N3O5/c1-3-5-7-9-11-13-15-17-19-21-22-24-26-28-30-32-34-36-38-40-50(56)58-45-46-41-42-49(59-46)54-44-43-47(53-51(54)57)52-48(55)39-37-35-33-31-29-27-25-23-20-18-16-14-12-10-8-6-4-2/h5-8,11-14,17-20,22,24-25,27-28,30-31,33-34,36,43-44,46,49H,3-4,9-10,15-16,21,23,26,29,32,35,37-42,45H2,1-2H3,(H,52,53,55,57)/t46-,49?/m0/s1. The van der Waals surface area contributed by atoms with Crippen LogP contribution in [-0.4, -0.2) is 34.1 Å². The molecular formula is C51H71N3O5. The number of esters is 1. The summed E-state index contributed by atoms with van der Waals surface area (Å²) < 4.78 is 12.9. The van der Waals surface area contributed by atoms with Crippen LogP contribution in [0.15, 0.2) is 151 Å². The lowest BCUT2D eigenvalue weighted by Gasteiger charge is -2.16. The van der Waals surface area contributed by atoms with Crippen LogP contribution in [0.2, 0.25) is 0 Å². The average molecular weight is 806 g/mol. The van der Waals surface area contributed by atoms with Gasteiger partial charge in [0.15, 0.2) is 0 Å². The fourth-order valence-corrected chi connectivity index (χ4v) is 5.77. The van der Waals surface area contributed by atoms with Gasteiger partial charge in [-0.05, 0) is 109 Å². The second-order valence-corrected chi connectivity index (χ2v) is 14.1. The monoisotopic (exact) mass is 806 g/mol. The van der Waals surface area contributed by atoms with Gasteiger partial charge in [0.05, 0.1) is 6.10 Å². The van der Waals surface area contributed by atoms with E-state index < -0.39 is 11.9 Å². The van der Waals surface area contributed by atoms with Crippen molar-refractivity contribution in [1.82, 2.24) is 9.55 Å². The molecule has 1 aromatic rings. The third kappa shape index (κ3) is 28.1. The van der Waals surface area contributed by atoms with E-state index >= 15 is 0 Å². The quantitative estimate of drug-likeness (QED) is 0.0456. The number of nitrogens with one attached hydrogen (secondary N) is 1. The number of anilines is 1. The van der Waals surface area contributed by atoms with E-state index in [1.807, 2.05) is 6.08 Å². The summed E-state index contributed by atoms with van der Waals surface area (Å²) in [7, 11) is 0. The molecule has 2 rings (SSSR count). The first-order chi connectivity index (χ1) is 29.0. The van der Waals surface area contributed by atoms with Gasteiger partial charge in [-0.25, -0.2) is 4.79 Å². The Balaban J connectivity index is 1.52. The van der Waals surface area contributed by atoms with Crippen molar-refractivity contribution >= 4 is 17.7 Å². The summed E-state index contributed by atoms with van der Waals surface area (Å²) in [5.74, 6) is -0.225. The molecule has 1 saturated heterocycles. The summed E-state index contributed by atoms with van der Waals surface area (Å²) in [6.45, 7) is 4.44. The van der Waals surface area contributed by atoms with E-state index in [-0.39, 0.29) is 30.4 Å². The van der Waals surface area contributed by atoms with E-state index in [4.69, 9.17) is 9.47 Å². The molecule has 0 spiro atoms. The molecule has 0 saturated carbocycles. The van der Waals surface area contributed by atoms with Gasteiger partial charge in [0, 0.05) is 19.0 Å². The van der Waals surface area contributed by atoms with Crippen LogP contribution in [-0.2, 0) is 19.1 Å². The smallest absolute Gasteiger partial charge is 0.351 e. The van der Waals surface area contributed by atoms with E-state index in [9.17, 15) is 14.4 Å². The summed E-state index contributed by atoms with van der Waals surface area (Å²) in [6.07, 6.45) is 62.9. The Morgan fingerprint density at radius 3 is 1.54 bits per heavy atom. The number of nitrogens with zero attached hydrogens (tertiary/aromatic N) is 2. The van der Waals surface area contributed by atoms with Gasteiger partial charge in [0.2, 0.25) is 5.91 Å². The molecule has 1 aliphatic rings. The molecule has 1 N–H and O–H groups in total. The minimum atomic E-state index is -0.499. The first-order valence-electron chi connectivity index (χ1n) is 21.9. The van der Waals surface area contributed by atoms with Gasteiger partial charge in [-0.15, -0.1) is 0 Å². The molecule has 1 unspecified atom stereocenters. The number of hydrogen-bond acceptors (Lipinski definition) is 6. The number of carbonyl (C=O) groups is 2. The molecule has 0 aromatic carbocycles. The van der Waals surface area contributed by atoms with Crippen molar-refractivity contribution in [3.8, 4) is 0 Å². The van der Waals surface area contributed by atoms with E-state index in [0.29, 0.717) is 38.5 Å². The van der Waals surface area contributed by atoms with Crippen LogP contribution in [0.25, 0.3) is 0 Å². The number of rotatable bonds is 31. The van der Waals surface area contributed by atoms with Crippen LogP contribution in [0.1, 0.15) is 136 Å². The minimum absolute atomic E-state index is 0.148. The third-order valence-corrected chi connectivity index (χ3v) is 8.97. The van der Waals surface area contributed by atoms with Gasteiger partial charge >= 0.3 is 11.7 Å².